The molecule has 0 aliphatic carbocycles. The van der Waals surface area contributed by atoms with Gasteiger partial charge in [0.25, 0.3) is 0 Å². The van der Waals surface area contributed by atoms with Gasteiger partial charge in [-0.15, -0.1) is 0 Å². The summed E-state index contributed by atoms with van der Waals surface area (Å²) >= 11 is 0. The largest absolute Gasteiger partial charge is 0.486 e. The van der Waals surface area contributed by atoms with Gasteiger partial charge < -0.3 is 19.5 Å². The van der Waals surface area contributed by atoms with Crippen LogP contribution in [0.25, 0.3) is 0 Å². The molecule has 1 aromatic rings. The van der Waals surface area contributed by atoms with Crippen LogP contribution in [0, 0.1) is 0 Å². The Hall–Kier alpha value is -2.00. The Bertz CT molecular complexity index is 723. The highest BCUT2D eigenvalue weighted by molar-refractivity contribution is 7.92. The number of nitrogens with one attached hydrogen (secondary N) is 1. The van der Waals surface area contributed by atoms with E-state index in [-0.39, 0.29) is 18.9 Å². The van der Waals surface area contributed by atoms with E-state index in [0.717, 1.165) is 12.7 Å². The van der Waals surface area contributed by atoms with E-state index in [1.807, 2.05) is 6.92 Å². The second kappa shape index (κ2) is 10.4. The molecule has 8 nitrogen and oxygen atoms in total. The fraction of sp³-hybridized carbons (Fsp3) is 0.611. The van der Waals surface area contributed by atoms with Gasteiger partial charge in [0.2, 0.25) is 15.9 Å². The molecule has 0 saturated carbocycles. The molecule has 2 rings (SSSR count). The van der Waals surface area contributed by atoms with E-state index < -0.39 is 10.0 Å². The van der Waals surface area contributed by atoms with Crippen LogP contribution in [0.15, 0.2) is 18.2 Å². The Morgan fingerprint density at radius 3 is 2.67 bits per heavy atom. The predicted octanol–water partition coefficient (Wildman–Crippen LogP) is 1.55. The average molecular weight is 400 g/mol. The van der Waals surface area contributed by atoms with Crippen LogP contribution in [0.2, 0.25) is 0 Å². The lowest BCUT2D eigenvalue weighted by Gasteiger charge is -2.25. The van der Waals surface area contributed by atoms with Crippen molar-refractivity contribution in [2.24, 2.45) is 0 Å². The molecule has 1 amide bonds. The molecule has 0 aromatic heterocycles. The van der Waals surface area contributed by atoms with Gasteiger partial charge in [0.05, 0.1) is 11.9 Å². The highest BCUT2D eigenvalue weighted by Crippen LogP contribution is 2.34. The lowest BCUT2D eigenvalue weighted by molar-refractivity contribution is -0.121. The molecule has 152 valence electrons. The minimum atomic E-state index is -3.48. The zero-order valence-electron chi connectivity index (χ0n) is 15.9. The van der Waals surface area contributed by atoms with Crippen molar-refractivity contribution in [2.75, 3.05) is 50.1 Å². The van der Waals surface area contributed by atoms with Crippen LogP contribution in [0.5, 0.6) is 11.5 Å². The quantitative estimate of drug-likeness (QED) is 0.567. The number of ether oxygens (including phenoxy) is 3. The lowest BCUT2D eigenvalue weighted by atomic mass is 10.2. The minimum Gasteiger partial charge on any atom is -0.486 e. The first-order chi connectivity index (χ1) is 12.9. The molecular weight excluding hydrogens is 372 g/mol. The van der Waals surface area contributed by atoms with E-state index in [4.69, 9.17) is 14.2 Å². The summed E-state index contributed by atoms with van der Waals surface area (Å²) in [6.07, 6.45) is 2.58. The molecule has 1 aliphatic heterocycles. The monoisotopic (exact) mass is 400 g/mol. The second-order valence-electron chi connectivity index (χ2n) is 6.17. The number of fused-ring (bicyclic) bond motifs is 1. The third-order valence-electron chi connectivity index (χ3n) is 3.97. The van der Waals surface area contributed by atoms with Crippen molar-refractivity contribution in [3.63, 3.8) is 0 Å². The van der Waals surface area contributed by atoms with Crippen LogP contribution in [-0.2, 0) is 19.6 Å². The number of anilines is 1. The van der Waals surface area contributed by atoms with Crippen molar-refractivity contribution in [3.8, 4) is 11.5 Å². The molecule has 0 radical (unpaired) electrons. The first-order valence-electron chi connectivity index (χ1n) is 9.13. The number of rotatable bonds is 11. The molecule has 1 N–H and O–H groups in total. The summed E-state index contributed by atoms with van der Waals surface area (Å²) in [6, 6.07) is 5.04. The van der Waals surface area contributed by atoms with E-state index in [9.17, 15) is 13.2 Å². The van der Waals surface area contributed by atoms with Gasteiger partial charge in [0.15, 0.2) is 11.5 Å². The number of benzene rings is 1. The van der Waals surface area contributed by atoms with Crippen molar-refractivity contribution < 1.29 is 27.4 Å². The number of carbonyl (C=O) groups excluding carboxylic acids is 1. The third kappa shape index (κ3) is 6.91. The van der Waals surface area contributed by atoms with Crippen LogP contribution in [-0.4, -0.2) is 60.1 Å². The fourth-order valence-electron chi connectivity index (χ4n) is 2.69. The van der Waals surface area contributed by atoms with E-state index in [1.165, 1.54) is 4.31 Å². The highest BCUT2D eigenvalue weighted by Gasteiger charge is 2.20. The smallest absolute Gasteiger partial charge is 0.232 e. The van der Waals surface area contributed by atoms with Crippen molar-refractivity contribution >= 4 is 21.6 Å². The van der Waals surface area contributed by atoms with E-state index in [1.54, 1.807) is 18.2 Å². The Labute approximate surface area is 160 Å². The minimum absolute atomic E-state index is 0.0953. The summed E-state index contributed by atoms with van der Waals surface area (Å²) < 4.78 is 41.9. The van der Waals surface area contributed by atoms with Gasteiger partial charge in [-0.05, 0) is 31.9 Å². The van der Waals surface area contributed by atoms with Crippen molar-refractivity contribution in [1.82, 2.24) is 5.32 Å². The van der Waals surface area contributed by atoms with E-state index in [2.05, 4.69) is 5.32 Å². The summed E-state index contributed by atoms with van der Waals surface area (Å²) in [7, 11) is -3.48. The van der Waals surface area contributed by atoms with Crippen LogP contribution in [0.4, 0.5) is 5.69 Å². The maximum Gasteiger partial charge on any atom is 0.232 e. The molecule has 9 heteroatoms. The number of sulfonamides is 1. The molecule has 1 aromatic carbocycles. The van der Waals surface area contributed by atoms with Gasteiger partial charge in [-0.25, -0.2) is 8.42 Å². The van der Waals surface area contributed by atoms with Gasteiger partial charge >= 0.3 is 0 Å². The second-order valence-corrected chi connectivity index (χ2v) is 8.07. The lowest BCUT2D eigenvalue weighted by Crippen LogP contribution is -2.32. The topological polar surface area (TPSA) is 94.2 Å². The molecule has 0 saturated heterocycles. The SMILES string of the molecule is CCOCCCNC(=O)CCCN(c1ccc2c(c1)OCCO2)S(C)(=O)=O. The Morgan fingerprint density at radius 1 is 1.22 bits per heavy atom. The van der Waals surface area contributed by atoms with Gasteiger partial charge in [-0.1, -0.05) is 0 Å². The number of nitrogens with zero attached hydrogens (tertiary/aromatic N) is 1. The molecule has 1 heterocycles. The summed E-state index contributed by atoms with van der Waals surface area (Å²) in [5.41, 5.74) is 0.499. The summed E-state index contributed by atoms with van der Waals surface area (Å²) in [5, 5.41) is 2.81. The number of hydrogen-bond acceptors (Lipinski definition) is 6. The van der Waals surface area contributed by atoms with Crippen LogP contribution < -0.4 is 19.1 Å². The first-order valence-corrected chi connectivity index (χ1v) is 11.0. The molecule has 0 atom stereocenters. The van der Waals surface area contributed by atoms with Gasteiger partial charge in [-0.2, -0.15) is 0 Å². The van der Waals surface area contributed by atoms with Gasteiger partial charge in [0, 0.05) is 38.8 Å². The highest BCUT2D eigenvalue weighted by atomic mass is 32.2. The molecule has 0 spiro atoms. The Kier molecular flexibility index (Phi) is 8.18. The molecule has 27 heavy (non-hydrogen) atoms. The average Bonchev–Trinajstić information content (AvgIpc) is 2.63. The van der Waals surface area contributed by atoms with Gasteiger partial charge in [-0.3, -0.25) is 9.10 Å². The van der Waals surface area contributed by atoms with Gasteiger partial charge in [0.1, 0.15) is 13.2 Å². The normalized spacial score (nSPS) is 13.3. The number of hydrogen-bond donors (Lipinski definition) is 1. The summed E-state index contributed by atoms with van der Waals surface area (Å²) in [6.45, 7) is 4.87. The Balaban J connectivity index is 1.88. The molecular formula is C18H28N2O6S. The van der Waals surface area contributed by atoms with Crippen molar-refractivity contribution in [1.29, 1.82) is 0 Å². The zero-order valence-corrected chi connectivity index (χ0v) is 16.7. The van der Waals surface area contributed by atoms with Crippen LogP contribution in [0.3, 0.4) is 0 Å². The van der Waals surface area contributed by atoms with Crippen molar-refractivity contribution in [2.45, 2.75) is 26.2 Å². The maximum atomic E-state index is 12.2. The molecule has 0 fully saturated rings. The van der Waals surface area contributed by atoms with Crippen LogP contribution in [0.1, 0.15) is 26.2 Å². The Morgan fingerprint density at radius 2 is 1.96 bits per heavy atom. The fourth-order valence-corrected chi connectivity index (χ4v) is 3.65. The standard InChI is InChI=1S/C18H28N2O6S/c1-3-24-11-5-9-19-18(21)6-4-10-20(27(2,22)23)15-7-8-16-17(14-15)26-13-12-25-16/h7-8,14H,3-6,9-13H2,1-2H3,(H,19,21). The summed E-state index contributed by atoms with van der Waals surface area (Å²) in [5.74, 6) is 1.03. The third-order valence-corrected chi connectivity index (χ3v) is 5.16. The molecule has 1 aliphatic rings. The zero-order chi connectivity index (χ0) is 19.7. The molecule has 0 unspecified atom stereocenters. The predicted molar refractivity (Wildman–Crippen MR) is 103 cm³/mol. The van der Waals surface area contributed by atoms with Crippen molar-refractivity contribution in [3.05, 3.63) is 18.2 Å². The summed E-state index contributed by atoms with van der Waals surface area (Å²) in [4.78, 5) is 11.9. The first kappa shape index (κ1) is 21.3. The number of amides is 1. The van der Waals surface area contributed by atoms with E-state index in [0.29, 0.717) is 56.6 Å². The number of carbonyl (C=O) groups is 1. The van der Waals surface area contributed by atoms with E-state index >= 15 is 0 Å². The molecule has 0 bridgehead atoms. The van der Waals surface area contributed by atoms with Crippen LogP contribution >= 0.6 is 0 Å². The maximum absolute atomic E-state index is 12.2.